The van der Waals surface area contributed by atoms with Crippen LogP contribution in [0.25, 0.3) is 0 Å². The van der Waals surface area contributed by atoms with E-state index < -0.39 is 10.0 Å². The van der Waals surface area contributed by atoms with Gasteiger partial charge in [-0.1, -0.05) is 54.1 Å². The Morgan fingerprint density at radius 1 is 1.03 bits per heavy atom. The summed E-state index contributed by atoms with van der Waals surface area (Å²) in [4.78, 5) is 24.6. The molecular formula is C28H29N3O4S. The van der Waals surface area contributed by atoms with Gasteiger partial charge in [0, 0.05) is 18.7 Å². The van der Waals surface area contributed by atoms with Crippen LogP contribution >= 0.6 is 0 Å². The normalized spacial score (nSPS) is 15.1. The molecule has 0 aliphatic carbocycles. The zero-order chi connectivity index (χ0) is 25.9. The minimum Gasteiger partial charge on any atom is -0.348 e. The maximum Gasteiger partial charge on any atom is 0.264 e. The van der Waals surface area contributed by atoms with Crippen molar-refractivity contribution in [2.75, 3.05) is 10.8 Å². The third kappa shape index (κ3) is 5.33. The van der Waals surface area contributed by atoms with Crippen LogP contribution in [-0.2, 0) is 21.4 Å². The second-order valence-electron chi connectivity index (χ2n) is 8.89. The van der Waals surface area contributed by atoms with E-state index in [9.17, 15) is 18.0 Å². The summed E-state index contributed by atoms with van der Waals surface area (Å²) in [5.74, 6) is -0.584. The van der Waals surface area contributed by atoms with Crippen LogP contribution in [0.1, 0.15) is 45.1 Å². The highest BCUT2D eigenvalue weighted by Crippen LogP contribution is 2.37. The molecule has 1 atom stereocenters. The molecule has 7 nitrogen and oxygen atoms in total. The number of amides is 2. The second-order valence-corrected chi connectivity index (χ2v) is 10.8. The maximum absolute atomic E-state index is 13.5. The van der Waals surface area contributed by atoms with Gasteiger partial charge >= 0.3 is 0 Å². The van der Waals surface area contributed by atoms with E-state index in [1.165, 1.54) is 34.6 Å². The van der Waals surface area contributed by atoms with Crippen LogP contribution in [0.2, 0.25) is 0 Å². The van der Waals surface area contributed by atoms with Crippen LogP contribution in [0.4, 0.5) is 5.69 Å². The standard InChI is InChI=1S/C28H29N3O4S/c1-4-27(32)30-25-13-14-31(26-8-6-5-7-24(25)26)36(34,35)23-11-9-22(10-12-23)28(33)29-18-21-16-19(2)15-20(3)17-21/h4-12,15-17,25H,1,13-14,18H2,2-3H3,(H,29,33)(H,30,32). The molecule has 0 bridgehead atoms. The first-order valence-electron chi connectivity index (χ1n) is 11.7. The molecule has 2 amide bonds. The minimum absolute atomic E-state index is 0.0942. The predicted molar refractivity (Wildman–Crippen MR) is 140 cm³/mol. The molecule has 1 unspecified atom stereocenters. The molecule has 0 spiro atoms. The molecule has 0 saturated heterocycles. The number of anilines is 1. The molecule has 0 aromatic heterocycles. The Bertz CT molecular complexity index is 1390. The zero-order valence-electron chi connectivity index (χ0n) is 20.3. The molecule has 0 saturated carbocycles. The van der Waals surface area contributed by atoms with Gasteiger partial charge in [-0.15, -0.1) is 0 Å². The van der Waals surface area contributed by atoms with Crippen molar-refractivity contribution in [3.8, 4) is 0 Å². The largest absolute Gasteiger partial charge is 0.348 e. The van der Waals surface area contributed by atoms with Crippen LogP contribution in [-0.4, -0.2) is 26.8 Å². The average Bonchev–Trinajstić information content (AvgIpc) is 2.86. The van der Waals surface area contributed by atoms with Gasteiger partial charge in [0.1, 0.15) is 0 Å². The van der Waals surface area contributed by atoms with Gasteiger partial charge in [0.05, 0.1) is 16.6 Å². The smallest absolute Gasteiger partial charge is 0.264 e. The van der Waals surface area contributed by atoms with E-state index in [0.29, 0.717) is 24.2 Å². The summed E-state index contributed by atoms with van der Waals surface area (Å²) in [5, 5.41) is 5.75. The van der Waals surface area contributed by atoms with Gasteiger partial charge in [-0.05, 0) is 67.8 Å². The van der Waals surface area contributed by atoms with Crippen molar-refractivity contribution in [1.82, 2.24) is 10.6 Å². The van der Waals surface area contributed by atoms with Gasteiger partial charge in [-0.2, -0.15) is 0 Å². The maximum atomic E-state index is 13.5. The molecule has 3 aromatic carbocycles. The Balaban J connectivity index is 1.51. The first-order valence-corrected chi connectivity index (χ1v) is 13.1. The Morgan fingerprint density at radius 3 is 2.36 bits per heavy atom. The Kier molecular flexibility index (Phi) is 7.26. The van der Waals surface area contributed by atoms with Crippen molar-refractivity contribution in [2.24, 2.45) is 0 Å². The van der Waals surface area contributed by atoms with Crippen LogP contribution in [0.3, 0.4) is 0 Å². The first-order chi connectivity index (χ1) is 17.2. The number of rotatable bonds is 7. The summed E-state index contributed by atoms with van der Waals surface area (Å²) in [5.41, 5.74) is 4.89. The average molecular weight is 504 g/mol. The fourth-order valence-electron chi connectivity index (χ4n) is 4.52. The van der Waals surface area contributed by atoms with E-state index in [-0.39, 0.29) is 29.3 Å². The molecule has 1 heterocycles. The summed E-state index contributed by atoms with van der Waals surface area (Å²) >= 11 is 0. The van der Waals surface area contributed by atoms with Crippen molar-refractivity contribution >= 4 is 27.5 Å². The van der Waals surface area contributed by atoms with Crippen LogP contribution in [0.15, 0.2) is 84.3 Å². The van der Waals surface area contributed by atoms with Gasteiger partial charge < -0.3 is 10.6 Å². The number of hydrogen-bond donors (Lipinski definition) is 2. The lowest BCUT2D eigenvalue weighted by Gasteiger charge is -2.35. The number of para-hydroxylation sites is 1. The summed E-state index contributed by atoms with van der Waals surface area (Å²) in [6.07, 6.45) is 1.63. The topological polar surface area (TPSA) is 95.6 Å². The second kappa shape index (κ2) is 10.4. The molecule has 1 aliphatic rings. The zero-order valence-corrected chi connectivity index (χ0v) is 21.1. The van der Waals surface area contributed by atoms with E-state index in [2.05, 4.69) is 23.3 Å². The van der Waals surface area contributed by atoms with Gasteiger partial charge in [0.25, 0.3) is 15.9 Å². The number of benzene rings is 3. The third-order valence-electron chi connectivity index (χ3n) is 6.14. The molecule has 1 aliphatic heterocycles. The lowest BCUT2D eigenvalue weighted by atomic mass is 9.98. The van der Waals surface area contributed by atoms with E-state index in [0.717, 1.165) is 22.3 Å². The fraction of sp³-hybridized carbons (Fsp3) is 0.214. The number of aryl methyl sites for hydroxylation is 2. The number of carbonyl (C=O) groups is 2. The fourth-order valence-corrected chi connectivity index (χ4v) is 6.03. The minimum atomic E-state index is -3.87. The van der Waals surface area contributed by atoms with E-state index in [1.807, 2.05) is 38.1 Å². The van der Waals surface area contributed by atoms with Gasteiger partial charge in [0.15, 0.2) is 0 Å². The summed E-state index contributed by atoms with van der Waals surface area (Å²) in [6.45, 7) is 8.09. The number of nitrogens with zero attached hydrogens (tertiary/aromatic N) is 1. The molecular weight excluding hydrogens is 474 g/mol. The predicted octanol–water partition coefficient (Wildman–Crippen LogP) is 4.18. The molecule has 4 rings (SSSR count). The van der Waals surface area contributed by atoms with Crippen LogP contribution < -0.4 is 14.9 Å². The number of nitrogens with one attached hydrogen (secondary N) is 2. The molecule has 8 heteroatoms. The number of hydrogen-bond acceptors (Lipinski definition) is 4. The highest BCUT2D eigenvalue weighted by Gasteiger charge is 2.33. The highest BCUT2D eigenvalue weighted by molar-refractivity contribution is 7.92. The third-order valence-corrected chi connectivity index (χ3v) is 7.97. The Hall–Kier alpha value is -3.91. The highest BCUT2D eigenvalue weighted by atomic mass is 32.2. The van der Waals surface area contributed by atoms with Crippen molar-refractivity contribution in [3.05, 3.63) is 107 Å². The SMILES string of the molecule is C=CC(=O)NC1CCN(S(=O)(=O)c2ccc(C(=O)NCc3cc(C)cc(C)c3)cc2)c2ccccc21. The molecule has 0 fully saturated rings. The summed E-state index contributed by atoms with van der Waals surface area (Å²) < 4.78 is 28.4. The van der Waals surface area contributed by atoms with E-state index in [1.54, 1.807) is 12.1 Å². The number of sulfonamides is 1. The quantitative estimate of drug-likeness (QED) is 0.473. The first kappa shape index (κ1) is 25.2. The van der Waals surface area contributed by atoms with Crippen molar-refractivity contribution in [2.45, 2.75) is 37.8 Å². The molecule has 186 valence electrons. The van der Waals surface area contributed by atoms with E-state index >= 15 is 0 Å². The van der Waals surface area contributed by atoms with E-state index in [4.69, 9.17) is 0 Å². The summed E-state index contributed by atoms with van der Waals surface area (Å²) in [6, 6.07) is 18.9. The molecule has 3 aromatic rings. The van der Waals surface area contributed by atoms with Crippen molar-refractivity contribution in [1.29, 1.82) is 0 Å². The summed E-state index contributed by atoms with van der Waals surface area (Å²) in [7, 11) is -3.87. The Labute approximate surface area is 211 Å². The lowest BCUT2D eigenvalue weighted by molar-refractivity contribution is -0.117. The lowest BCUT2D eigenvalue weighted by Crippen LogP contribution is -2.40. The molecule has 36 heavy (non-hydrogen) atoms. The monoisotopic (exact) mass is 503 g/mol. The van der Waals surface area contributed by atoms with Crippen LogP contribution in [0.5, 0.6) is 0 Å². The van der Waals surface area contributed by atoms with Crippen molar-refractivity contribution in [3.63, 3.8) is 0 Å². The Morgan fingerprint density at radius 2 is 1.69 bits per heavy atom. The van der Waals surface area contributed by atoms with Gasteiger partial charge in [-0.25, -0.2) is 8.42 Å². The molecule has 0 radical (unpaired) electrons. The van der Waals surface area contributed by atoms with Gasteiger partial charge in [0.2, 0.25) is 5.91 Å². The van der Waals surface area contributed by atoms with Gasteiger partial charge in [-0.3, -0.25) is 13.9 Å². The van der Waals surface area contributed by atoms with Crippen molar-refractivity contribution < 1.29 is 18.0 Å². The van der Waals surface area contributed by atoms with Crippen LogP contribution in [0, 0.1) is 13.8 Å². The number of fused-ring (bicyclic) bond motifs is 1. The number of carbonyl (C=O) groups excluding carboxylic acids is 2. The molecule has 2 N–H and O–H groups in total.